The first-order chi connectivity index (χ1) is 5.06. The lowest BCUT2D eigenvalue weighted by Crippen LogP contribution is -2.35. The summed E-state index contributed by atoms with van der Waals surface area (Å²) in [5, 5.41) is 17.3. The van der Waals surface area contributed by atoms with Gasteiger partial charge in [-0.3, -0.25) is 0 Å². The van der Waals surface area contributed by atoms with Gasteiger partial charge in [0.05, 0.1) is 6.07 Å². The highest BCUT2D eigenvalue weighted by atomic mass is 16.3. The van der Waals surface area contributed by atoms with Crippen LogP contribution in [0.5, 0.6) is 0 Å². The van der Waals surface area contributed by atoms with Gasteiger partial charge in [0, 0.05) is 6.42 Å². The number of aliphatic hydroxyl groups is 1. The van der Waals surface area contributed by atoms with Crippen LogP contribution in [0.1, 0.15) is 39.0 Å². The Morgan fingerprint density at radius 3 is 2.55 bits per heavy atom. The maximum absolute atomic E-state index is 9.09. The van der Waals surface area contributed by atoms with Crippen molar-refractivity contribution >= 4 is 0 Å². The largest absolute Gasteiger partial charge is 0.376 e. The summed E-state index contributed by atoms with van der Waals surface area (Å²) in [5.41, 5.74) is 4.31. The molecule has 1 atom stereocenters. The van der Waals surface area contributed by atoms with Gasteiger partial charge in [0.1, 0.15) is 5.72 Å². The average Bonchev–Trinajstić information content (AvgIpc) is 1.85. The van der Waals surface area contributed by atoms with Gasteiger partial charge in [0.25, 0.3) is 0 Å². The minimum Gasteiger partial charge on any atom is -0.376 e. The first kappa shape index (κ1) is 10.4. The highest BCUT2D eigenvalue weighted by Crippen LogP contribution is 2.09. The molecule has 0 saturated heterocycles. The molecule has 11 heavy (non-hydrogen) atoms. The van der Waals surface area contributed by atoms with E-state index in [1.54, 1.807) is 6.92 Å². The lowest BCUT2D eigenvalue weighted by Gasteiger charge is -2.15. The minimum atomic E-state index is -1.04. The van der Waals surface area contributed by atoms with E-state index in [2.05, 4.69) is 6.07 Å². The minimum absolute atomic E-state index is 0.604. The maximum atomic E-state index is 9.09. The van der Waals surface area contributed by atoms with Crippen LogP contribution in [0, 0.1) is 11.3 Å². The van der Waals surface area contributed by atoms with Crippen molar-refractivity contribution in [2.24, 2.45) is 5.73 Å². The molecule has 1 unspecified atom stereocenters. The van der Waals surface area contributed by atoms with Gasteiger partial charge < -0.3 is 10.8 Å². The van der Waals surface area contributed by atoms with Crippen molar-refractivity contribution < 1.29 is 5.11 Å². The summed E-state index contributed by atoms with van der Waals surface area (Å²) in [6.07, 6.45) is 3.99. The Morgan fingerprint density at radius 2 is 2.09 bits per heavy atom. The average molecular weight is 156 g/mol. The van der Waals surface area contributed by atoms with Crippen LogP contribution in [0.15, 0.2) is 0 Å². The third kappa shape index (κ3) is 9.41. The Kier molecular flexibility index (Phi) is 4.84. The zero-order valence-electron chi connectivity index (χ0n) is 7.01. The van der Waals surface area contributed by atoms with Crippen LogP contribution in [-0.2, 0) is 0 Å². The molecule has 0 spiro atoms. The number of nitriles is 1. The van der Waals surface area contributed by atoms with E-state index in [1.807, 2.05) is 0 Å². The van der Waals surface area contributed by atoms with Gasteiger partial charge in [0.2, 0.25) is 0 Å². The monoisotopic (exact) mass is 156 g/mol. The number of nitrogens with two attached hydrogens (primary N) is 1. The molecule has 0 amide bonds. The highest BCUT2D eigenvalue weighted by Gasteiger charge is 2.10. The smallest absolute Gasteiger partial charge is 0.110 e. The Hall–Kier alpha value is -0.590. The molecule has 3 nitrogen and oxygen atoms in total. The van der Waals surface area contributed by atoms with E-state index in [1.165, 1.54) is 0 Å². The van der Waals surface area contributed by atoms with Crippen LogP contribution in [0.25, 0.3) is 0 Å². The molecule has 0 rings (SSSR count). The van der Waals surface area contributed by atoms with Crippen LogP contribution < -0.4 is 5.73 Å². The van der Waals surface area contributed by atoms with Crippen LogP contribution in [0.3, 0.4) is 0 Å². The summed E-state index contributed by atoms with van der Waals surface area (Å²) < 4.78 is 0. The van der Waals surface area contributed by atoms with E-state index >= 15 is 0 Å². The van der Waals surface area contributed by atoms with Crippen LogP contribution in [0.4, 0.5) is 0 Å². The molecule has 0 aromatic heterocycles. The molecule has 0 heterocycles. The van der Waals surface area contributed by atoms with Gasteiger partial charge in [-0.05, 0) is 26.2 Å². The third-order valence-corrected chi connectivity index (χ3v) is 1.47. The predicted octanol–water partition coefficient (Wildman–Crippen LogP) is 1.13. The van der Waals surface area contributed by atoms with Crippen molar-refractivity contribution in [2.45, 2.75) is 44.8 Å². The summed E-state index contributed by atoms with van der Waals surface area (Å²) in [7, 11) is 0. The SMILES string of the molecule is CC(N)(O)CCCCCC#N. The Labute approximate surface area is 67.8 Å². The molecule has 0 aromatic rings. The number of hydrogen-bond donors (Lipinski definition) is 2. The molecule has 3 heteroatoms. The van der Waals surface area contributed by atoms with Gasteiger partial charge in [-0.25, -0.2) is 0 Å². The Bertz CT molecular complexity index is 132. The van der Waals surface area contributed by atoms with Crippen molar-refractivity contribution in [1.82, 2.24) is 0 Å². The maximum Gasteiger partial charge on any atom is 0.110 e. The summed E-state index contributed by atoms with van der Waals surface area (Å²) in [6, 6.07) is 2.07. The van der Waals surface area contributed by atoms with E-state index < -0.39 is 5.72 Å². The molecule has 0 aromatic carbocycles. The number of hydrogen-bond acceptors (Lipinski definition) is 3. The van der Waals surface area contributed by atoms with E-state index in [0.717, 1.165) is 19.3 Å². The first-order valence-electron chi connectivity index (χ1n) is 3.94. The summed E-state index contributed by atoms with van der Waals surface area (Å²) >= 11 is 0. The summed E-state index contributed by atoms with van der Waals surface area (Å²) in [5.74, 6) is 0. The van der Waals surface area contributed by atoms with E-state index in [9.17, 15) is 0 Å². The molecule has 0 radical (unpaired) electrons. The Morgan fingerprint density at radius 1 is 1.45 bits per heavy atom. The number of nitrogens with zero attached hydrogens (tertiary/aromatic N) is 1. The second kappa shape index (κ2) is 5.11. The van der Waals surface area contributed by atoms with Crippen molar-refractivity contribution in [3.63, 3.8) is 0 Å². The van der Waals surface area contributed by atoms with Crippen LogP contribution in [0.2, 0.25) is 0 Å². The lowest BCUT2D eigenvalue weighted by molar-refractivity contribution is 0.0551. The quantitative estimate of drug-likeness (QED) is 0.463. The zero-order chi connectivity index (χ0) is 8.74. The fraction of sp³-hybridized carbons (Fsp3) is 0.875. The normalized spacial score (nSPS) is 15.5. The van der Waals surface area contributed by atoms with Crippen molar-refractivity contribution in [3.8, 4) is 6.07 Å². The second-order valence-corrected chi connectivity index (χ2v) is 3.08. The van der Waals surface area contributed by atoms with E-state index in [0.29, 0.717) is 12.8 Å². The van der Waals surface area contributed by atoms with Gasteiger partial charge in [0.15, 0.2) is 0 Å². The van der Waals surface area contributed by atoms with Crippen molar-refractivity contribution in [2.75, 3.05) is 0 Å². The van der Waals surface area contributed by atoms with Gasteiger partial charge in [-0.15, -0.1) is 0 Å². The van der Waals surface area contributed by atoms with E-state index in [4.69, 9.17) is 16.1 Å². The molecular formula is C8H16N2O. The van der Waals surface area contributed by atoms with Crippen molar-refractivity contribution in [1.29, 1.82) is 5.26 Å². The molecule has 0 aliphatic carbocycles. The summed E-state index contributed by atoms with van der Waals surface area (Å²) in [6.45, 7) is 1.59. The Balaban J connectivity index is 3.10. The highest BCUT2D eigenvalue weighted by molar-refractivity contribution is 4.69. The standard InChI is InChI=1S/C8H16N2O/c1-8(10,11)6-4-2-3-5-7-9/h11H,2-6,10H2,1H3. The topological polar surface area (TPSA) is 70.0 Å². The van der Waals surface area contributed by atoms with E-state index in [-0.39, 0.29) is 0 Å². The summed E-state index contributed by atoms with van der Waals surface area (Å²) in [4.78, 5) is 0. The molecule has 0 aliphatic heterocycles. The van der Waals surface area contributed by atoms with Crippen LogP contribution in [-0.4, -0.2) is 10.8 Å². The molecule has 0 fully saturated rings. The molecule has 0 saturated carbocycles. The fourth-order valence-corrected chi connectivity index (χ4v) is 0.864. The second-order valence-electron chi connectivity index (χ2n) is 3.08. The molecule has 0 bridgehead atoms. The number of rotatable bonds is 5. The van der Waals surface area contributed by atoms with Gasteiger partial charge in [-0.2, -0.15) is 5.26 Å². The fourth-order valence-electron chi connectivity index (χ4n) is 0.864. The predicted molar refractivity (Wildman–Crippen MR) is 43.5 cm³/mol. The first-order valence-corrected chi connectivity index (χ1v) is 3.94. The zero-order valence-corrected chi connectivity index (χ0v) is 7.01. The number of unbranched alkanes of at least 4 members (excludes halogenated alkanes) is 3. The molecular weight excluding hydrogens is 140 g/mol. The van der Waals surface area contributed by atoms with Crippen LogP contribution >= 0.6 is 0 Å². The lowest BCUT2D eigenvalue weighted by atomic mass is 10.1. The molecule has 0 aliphatic rings. The molecule has 64 valence electrons. The molecule has 3 N–H and O–H groups in total. The third-order valence-electron chi connectivity index (χ3n) is 1.47. The van der Waals surface area contributed by atoms with Gasteiger partial charge >= 0.3 is 0 Å². The van der Waals surface area contributed by atoms with Gasteiger partial charge in [-0.1, -0.05) is 6.42 Å². The van der Waals surface area contributed by atoms with Crippen molar-refractivity contribution in [3.05, 3.63) is 0 Å².